The standard InChI is InChI=1S/C21H28F2N4O5.C9H11F2N/c1-14(24)17(12-28)18(25-15-4-6-16(7-5-15)31-19(22)23)32-20(30)26-8-10-27(11-9-26)21(2,3)13-29;1-9(10,11)7-4-3-5-8(6-7)12-2/h4-7,12,19,24-25,29H,8-11,13H2,1-3H3;3-6,12H,1-2H3/b18-17+,24-14?;. The number of aliphatic hydroxyl groups is 1. The van der Waals surface area contributed by atoms with E-state index in [-0.39, 0.29) is 35.1 Å². The average molecular weight is 626 g/mol. The number of amides is 1. The van der Waals surface area contributed by atoms with Crippen LogP contribution in [-0.4, -0.2) is 85.0 Å². The summed E-state index contributed by atoms with van der Waals surface area (Å²) in [4.78, 5) is 27.8. The van der Waals surface area contributed by atoms with Crippen LogP contribution in [0.1, 0.15) is 33.3 Å². The van der Waals surface area contributed by atoms with Gasteiger partial charge in [-0.05, 0) is 57.2 Å². The molecular weight excluding hydrogens is 586 g/mol. The molecule has 0 atom stereocenters. The van der Waals surface area contributed by atoms with Crippen molar-refractivity contribution in [3.8, 4) is 5.75 Å². The molecule has 0 unspecified atom stereocenters. The van der Waals surface area contributed by atoms with Gasteiger partial charge in [0.25, 0.3) is 5.92 Å². The highest BCUT2D eigenvalue weighted by molar-refractivity contribution is 6.13. The van der Waals surface area contributed by atoms with E-state index >= 15 is 0 Å². The molecule has 10 nitrogen and oxygen atoms in total. The monoisotopic (exact) mass is 625 g/mol. The maximum absolute atomic E-state index is 12.7. The Kier molecular flexibility index (Phi) is 13.1. The summed E-state index contributed by atoms with van der Waals surface area (Å²) in [5.74, 6) is -3.05. The predicted octanol–water partition coefficient (Wildman–Crippen LogP) is 5.52. The lowest BCUT2D eigenvalue weighted by Gasteiger charge is -2.42. The van der Waals surface area contributed by atoms with Crippen molar-refractivity contribution in [1.82, 2.24) is 9.80 Å². The first-order chi connectivity index (χ1) is 20.6. The third kappa shape index (κ3) is 10.8. The van der Waals surface area contributed by atoms with Crippen LogP contribution in [0.3, 0.4) is 0 Å². The van der Waals surface area contributed by atoms with Gasteiger partial charge in [0, 0.05) is 68.3 Å². The lowest BCUT2D eigenvalue weighted by atomic mass is 10.0. The van der Waals surface area contributed by atoms with Gasteiger partial charge >= 0.3 is 12.7 Å². The molecule has 2 aromatic carbocycles. The minimum atomic E-state index is -2.96. The molecule has 2 aromatic rings. The molecule has 4 N–H and O–H groups in total. The zero-order chi connectivity index (χ0) is 33.1. The molecule has 3 rings (SSSR count). The van der Waals surface area contributed by atoms with Gasteiger partial charge in [-0.3, -0.25) is 9.69 Å². The number of nitrogens with zero attached hydrogens (tertiary/aromatic N) is 2. The maximum Gasteiger partial charge on any atom is 0.416 e. The second-order valence-electron chi connectivity index (χ2n) is 10.5. The van der Waals surface area contributed by atoms with Crippen LogP contribution in [0.2, 0.25) is 0 Å². The van der Waals surface area contributed by atoms with Gasteiger partial charge in [-0.1, -0.05) is 12.1 Å². The fourth-order valence-corrected chi connectivity index (χ4v) is 4.00. The Hall–Kier alpha value is -4.17. The number of aldehydes is 1. The van der Waals surface area contributed by atoms with Crippen LogP contribution >= 0.6 is 0 Å². The van der Waals surface area contributed by atoms with Crippen LogP contribution < -0.4 is 15.4 Å². The molecule has 44 heavy (non-hydrogen) atoms. The molecule has 242 valence electrons. The molecule has 0 aromatic heterocycles. The lowest BCUT2D eigenvalue weighted by Crippen LogP contribution is -2.57. The number of rotatable bonds is 11. The quantitative estimate of drug-likeness (QED) is 0.0846. The van der Waals surface area contributed by atoms with E-state index in [1.165, 1.54) is 48.2 Å². The minimum absolute atomic E-state index is 0.0172. The number of carbonyl (C=O) groups excluding carboxylic acids is 2. The minimum Gasteiger partial charge on any atom is -0.435 e. The zero-order valence-electron chi connectivity index (χ0n) is 25.3. The number of hydrogen-bond acceptors (Lipinski definition) is 9. The molecule has 1 heterocycles. The third-order valence-electron chi connectivity index (χ3n) is 6.73. The first-order valence-corrected chi connectivity index (χ1v) is 13.7. The van der Waals surface area contributed by atoms with Gasteiger partial charge in [0.15, 0.2) is 6.29 Å². The Labute approximate surface area is 254 Å². The number of carbonyl (C=O) groups is 2. The number of benzene rings is 2. The van der Waals surface area contributed by atoms with Gasteiger partial charge in [0.05, 0.1) is 12.2 Å². The fraction of sp³-hybridized carbons (Fsp3) is 0.433. The van der Waals surface area contributed by atoms with Crippen LogP contribution in [-0.2, 0) is 15.5 Å². The van der Waals surface area contributed by atoms with E-state index in [0.717, 1.165) is 6.92 Å². The van der Waals surface area contributed by atoms with Crippen molar-refractivity contribution in [2.24, 2.45) is 0 Å². The summed E-state index contributed by atoms with van der Waals surface area (Å²) in [6, 6.07) is 11.6. The molecular formula is C30H39F4N5O5. The van der Waals surface area contributed by atoms with Gasteiger partial charge in [0.2, 0.25) is 5.88 Å². The van der Waals surface area contributed by atoms with Gasteiger partial charge in [-0.2, -0.15) is 8.78 Å². The first-order valence-electron chi connectivity index (χ1n) is 13.7. The van der Waals surface area contributed by atoms with E-state index in [2.05, 4.69) is 20.3 Å². The molecule has 1 aliphatic rings. The molecule has 0 radical (unpaired) electrons. The molecule has 0 bridgehead atoms. The summed E-state index contributed by atoms with van der Waals surface area (Å²) >= 11 is 0. The zero-order valence-corrected chi connectivity index (χ0v) is 25.3. The summed E-state index contributed by atoms with van der Waals surface area (Å²) in [6.45, 7) is 4.88. The molecule has 0 aliphatic carbocycles. The average Bonchev–Trinajstić information content (AvgIpc) is 2.98. The number of halogens is 4. The Morgan fingerprint density at radius 1 is 1.07 bits per heavy atom. The van der Waals surface area contributed by atoms with E-state index in [1.54, 1.807) is 19.2 Å². The Morgan fingerprint density at radius 2 is 1.68 bits per heavy atom. The van der Waals surface area contributed by atoms with Gasteiger partial charge < -0.3 is 35.5 Å². The summed E-state index contributed by atoms with van der Waals surface area (Å²) in [5.41, 5.74) is 0.381. The van der Waals surface area contributed by atoms with Crippen molar-refractivity contribution in [2.45, 2.75) is 45.8 Å². The molecule has 0 saturated carbocycles. The van der Waals surface area contributed by atoms with Crippen molar-refractivity contribution in [3.63, 3.8) is 0 Å². The molecule has 1 fully saturated rings. The number of nitrogens with one attached hydrogen (secondary N) is 3. The second kappa shape index (κ2) is 16.1. The molecule has 1 aliphatic heterocycles. The van der Waals surface area contributed by atoms with Crippen molar-refractivity contribution in [3.05, 3.63) is 65.6 Å². The smallest absolute Gasteiger partial charge is 0.416 e. The van der Waals surface area contributed by atoms with Crippen molar-refractivity contribution >= 4 is 29.5 Å². The Balaban J connectivity index is 0.000000469. The second-order valence-corrected chi connectivity index (χ2v) is 10.5. The number of allylic oxidation sites excluding steroid dienone is 1. The Morgan fingerprint density at radius 3 is 2.16 bits per heavy atom. The SMILES string of the molecule is CC(=N)/C(C=O)=C(\Nc1ccc(OC(F)F)cc1)OC(=O)N1CCN(C(C)(C)CO)CC1.CNc1cccc(C(C)(F)F)c1. The van der Waals surface area contributed by atoms with Gasteiger partial charge in [-0.25, -0.2) is 13.6 Å². The summed E-state index contributed by atoms with van der Waals surface area (Å²) < 4.78 is 59.8. The summed E-state index contributed by atoms with van der Waals surface area (Å²) in [5, 5.41) is 22.9. The topological polar surface area (TPSA) is 127 Å². The third-order valence-corrected chi connectivity index (χ3v) is 6.73. The van der Waals surface area contributed by atoms with Crippen LogP contribution in [0.25, 0.3) is 0 Å². The molecule has 0 spiro atoms. The summed E-state index contributed by atoms with van der Waals surface area (Å²) in [6.07, 6.45) is -0.305. The van der Waals surface area contributed by atoms with Crippen LogP contribution in [0.15, 0.2) is 60.0 Å². The van der Waals surface area contributed by atoms with E-state index in [0.29, 0.717) is 43.8 Å². The lowest BCUT2D eigenvalue weighted by molar-refractivity contribution is -0.104. The number of ether oxygens (including phenoxy) is 2. The summed E-state index contributed by atoms with van der Waals surface area (Å²) in [7, 11) is 1.70. The number of aliphatic hydroxyl groups excluding tert-OH is 1. The van der Waals surface area contributed by atoms with Crippen LogP contribution in [0.4, 0.5) is 33.7 Å². The Bertz CT molecular complexity index is 1290. The first kappa shape index (κ1) is 36.0. The maximum atomic E-state index is 12.7. The van der Waals surface area contributed by atoms with Crippen molar-refractivity contribution in [1.29, 1.82) is 5.41 Å². The predicted molar refractivity (Wildman–Crippen MR) is 160 cm³/mol. The van der Waals surface area contributed by atoms with Gasteiger partial charge in [0.1, 0.15) is 5.75 Å². The molecule has 1 amide bonds. The number of piperazine rings is 1. The van der Waals surface area contributed by atoms with E-state index in [1.807, 2.05) is 13.8 Å². The fourth-order valence-electron chi connectivity index (χ4n) is 4.00. The molecule has 14 heteroatoms. The number of hydrogen-bond donors (Lipinski definition) is 4. The van der Waals surface area contributed by atoms with Crippen LogP contribution in [0, 0.1) is 5.41 Å². The highest BCUT2D eigenvalue weighted by atomic mass is 19.3. The number of anilines is 2. The largest absolute Gasteiger partial charge is 0.435 e. The van der Waals surface area contributed by atoms with E-state index in [4.69, 9.17) is 10.1 Å². The number of alkyl halides is 4. The molecule has 1 saturated heterocycles. The van der Waals surface area contributed by atoms with E-state index < -0.39 is 24.2 Å². The highest BCUT2D eigenvalue weighted by Crippen LogP contribution is 2.28. The van der Waals surface area contributed by atoms with Crippen LogP contribution in [0.5, 0.6) is 5.75 Å². The van der Waals surface area contributed by atoms with Crippen molar-refractivity contribution in [2.75, 3.05) is 50.5 Å². The normalized spacial score (nSPS) is 14.6. The van der Waals surface area contributed by atoms with E-state index in [9.17, 15) is 32.3 Å². The highest BCUT2D eigenvalue weighted by Gasteiger charge is 2.32. The van der Waals surface area contributed by atoms with Crippen molar-refractivity contribution < 1.29 is 41.7 Å². The van der Waals surface area contributed by atoms with Gasteiger partial charge in [-0.15, -0.1) is 0 Å².